The van der Waals surface area contributed by atoms with E-state index < -0.39 is 0 Å². The minimum absolute atomic E-state index is 0.236. The molecule has 1 rings (SSSR count). The zero-order chi connectivity index (χ0) is 9.03. The molecule has 0 aromatic heterocycles. The van der Waals surface area contributed by atoms with Gasteiger partial charge >= 0.3 is 0 Å². The Balaban J connectivity index is 2.76. The molecular formula is C10H13NO. The molecule has 64 valence electrons. The molecule has 12 heavy (non-hydrogen) atoms. The third kappa shape index (κ3) is 1.84. The lowest BCUT2D eigenvalue weighted by Gasteiger charge is -2.25. The van der Waals surface area contributed by atoms with Crippen LogP contribution in [-0.2, 0) is 4.79 Å². The minimum atomic E-state index is -0.283. The summed E-state index contributed by atoms with van der Waals surface area (Å²) < 4.78 is 0. The molecular weight excluding hydrogens is 150 g/mol. The lowest BCUT2D eigenvalue weighted by atomic mass is 9.79. The summed E-state index contributed by atoms with van der Waals surface area (Å²) in [5.41, 5.74) is 4.90. The molecule has 0 spiro atoms. The van der Waals surface area contributed by atoms with Crippen molar-refractivity contribution in [3.63, 3.8) is 0 Å². The maximum Gasteiger partial charge on any atom is 0.218 e. The van der Waals surface area contributed by atoms with Gasteiger partial charge in [0.25, 0.3) is 0 Å². The molecule has 0 heterocycles. The minimum Gasteiger partial charge on any atom is -0.370 e. The quantitative estimate of drug-likeness (QED) is 0.630. The predicted molar refractivity (Wildman–Crippen MR) is 49.3 cm³/mol. The van der Waals surface area contributed by atoms with Crippen LogP contribution in [-0.4, -0.2) is 5.91 Å². The molecule has 1 unspecified atom stereocenters. The molecule has 1 atom stereocenters. The van der Waals surface area contributed by atoms with Gasteiger partial charge in [0.1, 0.15) is 0 Å². The van der Waals surface area contributed by atoms with Crippen LogP contribution in [0.3, 0.4) is 0 Å². The van der Waals surface area contributed by atoms with Crippen molar-refractivity contribution in [1.82, 2.24) is 0 Å². The van der Waals surface area contributed by atoms with E-state index in [4.69, 9.17) is 5.73 Å². The highest BCUT2D eigenvalue weighted by Gasteiger charge is 2.25. The molecule has 2 nitrogen and oxygen atoms in total. The fourth-order valence-corrected chi connectivity index (χ4v) is 1.36. The van der Waals surface area contributed by atoms with Crippen molar-refractivity contribution in [1.29, 1.82) is 0 Å². The number of hydrogen-bond donors (Lipinski definition) is 1. The normalized spacial score (nSPS) is 27.0. The molecule has 0 fully saturated rings. The maximum atomic E-state index is 10.7. The molecule has 2 heteroatoms. The van der Waals surface area contributed by atoms with Gasteiger partial charge in [-0.15, -0.1) is 6.58 Å². The van der Waals surface area contributed by atoms with Crippen LogP contribution in [0.15, 0.2) is 37.0 Å². The van der Waals surface area contributed by atoms with Gasteiger partial charge in [0, 0.05) is 11.8 Å². The second kappa shape index (κ2) is 3.39. The number of rotatable bonds is 3. The summed E-state index contributed by atoms with van der Waals surface area (Å²) in [6, 6.07) is 0. The summed E-state index contributed by atoms with van der Waals surface area (Å²) in [5, 5.41) is 0. The molecule has 0 bridgehead atoms. The first-order valence-corrected chi connectivity index (χ1v) is 3.95. The summed E-state index contributed by atoms with van der Waals surface area (Å²) in [6.45, 7) is 3.72. The summed E-state index contributed by atoms with van der Waals surface area (Å²) in [4.78, 5) is 10.7. The van der Waals surface area contributed by atoms with Crippen molar-refractivity contribution in [3.05, 3.63) is 37.0 Å². The predicted octanol–water partition coefficient (Wildman–Crippen LogP) is 1.55. The average Bonchev–Trinajstić information content (AvgIpc) is 2.05. The fourth-order valence-electron chi connectivity index (χ4n) is 1.36. The van der Waals surface area contributed by atoms with Crippen LogP contribution in [0.1, 0.15) is 12.8 Å². The van der Waals surface area contributed by atoms with Gasteiger partial charge in [-0.3, -0.25) is 4.79 Å². The first-order chi connectivity index (χ1) is 5.68. The Hall–Kier alpha value is -1.31. The monoisotopic (exact) mass is 163 g/mol. The van der Waals surface area contributed by atoms with Crippen molar-refractivity contribution in [2.24, 2.45) is 11.1 Å². The van der Waals surface area contributed by atoms with Gasteiger partial charge in [-0.05, 0) is 6.42 Å². The van der Waals surface area contributed by atoms with Gasteiger partial charge < -0.3 is 5.73 Å². The van der Waals surface area contributed by atoms with Crippen molar-refractivity contribution < 1.29 is 4.79 Å². The maximum absolute atomic E-state index is 10.7. The van der Waals surface area contributed by atoms with E-state index in [0.29, 0.717) is 6.42 Å². The van der Waals surface area contributed by atoms with Crippen LogP contribution < -0.4 is 5.73 Å². The molecule has 0 saturated carbocycles. The van der Waals surface area contributed by atoms with Gasteiger partial charge in [-0.25, -0.2) is 0 Å². The van der Waals surface area contributed by atoms with Gasteiger partial charge in [0.05, 0.1) is 0 Å². The highest BCUT2D eigenvalue weighted by molar-refractivity contribution is 5.75. The van der Waals surface area contributed by atoms with E-state index in [-0.39, 0.29) is 11.3 Å². The highest BCUT2D eigenvalue weighted by Crippen LogP contribution is 2.32. The first-order valence-electron chi connectivity index (χ1n) is 3.95. The summed E-state index contributed by atoms with van der Waals surface area (Å²) in [7, 11) is 0. The third-order valence-corrected chi connectivity index (χ3v) is 2.08. The van der Waals surface area contributed by atoms with Crippen molar-refractivity contribution in [3.8, 4) is 0 Å². The van der Waals surface area contributed by atoms with Crippen LogP contribution in [0.5, 0.6) is 0 Å². The van der Waals surface area contributed by atoms with Crippen molar-refractivity contribution >= 4 is 5.91 Å². The van der Waals surface area contributed by atoms with E-state index >= 15 is 0 Å². The second-order valence-electron chi connectivity index (χ2n) is 3.07. The number of amides is 1. The SMILES string of the molecule is C=CC1(CC(N)=O)C=CC=CC1. The van der Waals surface area contributed by atoms with Crippen LogP contribution in [0, 0.1) is 5.41 Å². The van der Waals surface area contributed by atoms with E-state index in [1.165, 1.54) is 0 Å². The molecule has 1 aliphatic carbocycles. The Labute approximate surface area is 72.5 Å². The number of carbonyl (C=O) groups excluding carboxylic acids is 1. The van der Waals surface area contributed by atoms with Crippen LogP contribution in [0.4, 0.5) is 0 Å². The Morgan fingerprint density at radius 2 is 2.42 bits per heavy atom. The molecule has 0 aromatic carbocycles. The number of primary amides is 1. The van der Waals surface area contributed by atoms with Gasteiger partial charge in [-0.2, -0.15) is 0 Å². The molecule has 0 radical (unpaired) electrons. The van der Waals surface area contributed by atoms with Crippen molar-refractivity contribution in [2.45, 2.75) is 12.8 Å². The highest BCUT2D eigenvalue weighted by atomic mass is 16.1. The average molecular weight is 163 g/mol. The molecule has 0 aliphatic heterocycles. The zero-order valence-corrected chi connectivity index (χ0v) is 6.99. The number of nitrogens with two attached hydrogens (primary N) is 1. The van der Waals surface area contributed by atoms with E-state index in [0.717, 1.165) is 6.42 Å². The Morgan fingerprint density at radius 3 is 2.83 bits per heavy atom. The van der Waals surface area contributed by atoms with Gasteiger partial charge in [-0.1, -0.05) is 30.4 Å². The lowest BCUT2D eigenvalue weighted by molar-refractivity contribution is -0.119. The molecule has 1 aliphatic rings. The van der Waals surface area contributed by atoms with E-state index in [2.05, 4.69) is 6.58 Å². The van der Waals surface area contributed by atoms with Gasteiger partial charge in [0.2, 0.25) is 5.91 Å². The number of hydrogen-bond acceptors (Lipinski definition) is 1. The van der Waals surface area contributed by atoms with Crippen LogP contribution in [0.25, 0.3) is 0 Å². The first kappa shape index (κ1) is 8.78. The number of carbonyl (C=O) groups is 1. The van der Waals surface area contributed by atoms with Crippen molar-refractivity contribution in [2.75, 3.05) is 0 Å². The van der Waals surface area contributed by atoms with E-state index in [1.807, 2.05) is 24.3 Å². The molecule has 0 saturated heterocycles. The molecule has 2 N–H and O–H groups in total. The van der Waals surface area contributed by atoms with Gasteiger partial charge in [0.15, 0.2) is 0 Å². The molecule has 0 aromatic rings. The summed E-state index contributed by atoms with van der Waals surface area (Å²) >= 11 is 0. The lowest BCUT2D eigenvalue weighted by Crippen LogP contribution is -2.24. The smallest absolute Gasteiger partial charge is 0.218 e. The topological polar surface area (TPSA) is 43.1 Å². The Kier molecular flexibility index (Phi) is 2.48. The summed E-state index contributed by atoms with van der Waals surface area (Å²) in [6.07, 6.45) is 10.8. The van der Waals surface area contributed by atoms with E-state index in [9.17, 15) is 4.79 Å². The van der Waals surface area contributed by atoms with Crippen LogP contribution >= 0.6 is 0 Å². The Morgan fingerprint density at radius 1 is 1.67 bits per heavy atom. The Bertz CT molecular complexity index is 253. The third-order valence-electron chi connectivity index (χ3n) is 2.08. The fraction of sp³-hybridized carbons (Fsp3) is 0.300. The second-order valence-corrected chi connectivity index (χ2v) is 3.07. The van der Waals surface area contributed by atoms with Crippen LogP contribution in [0.2, 0.25) is 0 Å². The summed E-state index contributed by atoms with van der Waals surface area (Å²) in [5.74, 6) is -0.283. The van der Waals surface area contributed by atoms with E-state index in [1.54, 1.807) is 6.08 Å². The standard InChI is InChI=1S/C10H13NO/c1-2-10(8-9(11)12)6-4-3-5-7-10/h2-6H,1,7-8H2,(H2,11,12). The largest absolute Gasteiger partial charge is 0.370 e. The number of allylic oxidation sites excluding steroid dienone is 5. The zero-order valence-electron chi connectivity index (χ0n) is 6.99. The molecule has 1 amide bonds.